The Hall–Kier alpha value is -1.06. The summed E-state index contributed by atoms with van der Waals surface area (Å²) in [5.74, 6) is 0.103. The van der Waals surface area contributed by atoms with E-state index in [2.05, 4.69) is 5.32 Å². The third kappa shape index (κ3) is 4.31. The zero-order chi connectivity index (χ0) is 13.7. The van der Waals surface area contributed by atoms with Crippen molar-refractivity contribution in [2.45, 2.75) is 32.9 Å². The molecule has 1 aromatic rings. The molecule has 1 N–H and O–H groups in total. The number of amides is 1. The van der Waals surface area contributed by atoms with Gasteiger partial charge in [0.1, 0.15) is 0 Å². The average molecular weight is 269 g/mol. The highest BCUT2D eigenvalue weighted by Crippen LogP contribution is 2.15. The van der Waals surface area contributed by atoms with E-state index in [1.807, 2.05) is 52.1 Å². The van der Waals surface area contributed by atoms with Crippen molar-refractivity contribution >= 4 is 17.5 Å². The van der Waals surface area contributed by atoms with E-state index < -0.39 is 0 Å². The second-order valence-electron chi connectivity index (χ2n) is 4.75. The summed E-state index contributed by atoms with van der Waals surface area (Å²) in [4.78, 5) is 13.6. The molecule has 1 rings (SSSR count). The normalized spacial score (nSPS) is 12.6. The quantitative estimate of drug-likeness (QED) is 0.891. The van der Waals surface area contributed by atoms with E-state index in [4.69, 9.17) is 11.6 Å². The monoisotopic (exact) mass is 268 g/mol. The van der Waals surface area contributed by atoms with Crippen LogP contribution in [0, 0.1) is 0 Å². The lowest BCUT2D eigenvalue weighted by atomic mass is 10.1. The number of benzene rings is 1. The Bertz CT molecular complexity index is 389. The van der Waals surface area contributed by atoms with E-state index in [0.717, 1.165) is 10.6 Å². The lowest BCUT2D eigenvalue weighted by Crippen LogP contribution is -2.40. The Kier molecular flexibility index (Phi) is 5.63. The van der Waals surface area contributed by atoms with Gasteiger partial charge in [-0.25, -0.2) is 0 Å². The molecule has 0 spiro atoms. The number of halogens is 1. The van der Waals surface area contributed by atoms with Crippen molar-refractivity contribution < 1.29 is 4.79 Å². The van der Waals surface area contributed by atoms with Gasteiger partial charge in [-0.05, 0) is 38.5 Å². The van der Waals surface area contributed by atoms with E-state index in [9.17, 15) is 4.79 Å². The lowest BCUT2D eigenvalue weighted by Gasteiger charge is -2.23. The van der Waals surface area contributed by atoms with Crippen molar-refractivity contribution in [2.24, 2.45) is 0 Å². The molecular formula is C14H21ClN2O. The highest BCUT2D eigenvalue weighted by atomic mass is 35.5. The minimum absolute atomic E-state index is 0.103. The van der Waals surface area contributed by atoms with Crippen molar-refractivity contribution in [1.82, 2.24) is 10.2 Å². The number of hydrogen-bond donors (Lipinski definition) is 1. The van der Waals surface area contributed by atoms with Gasteiger partial charge in [-0.1, -0.05) is 23.7 Å². The van der Waals surface area contributed by atoms with Crippen LogP contribution >= 0.6 is 11.6 Å². The summed E-state index contributed by atoms with van der Waals surface area (Å²) in [5.41, 5.74) is 1.12. The molecule has 0 aromatic heterocycles. The molecule has 0 heterocycles. The average Bonchev–Trinajstić information content (AvgIpc) is 2.35. The Morgan fingerprint density at radius 2 is 1.83 bits per heavy atom. The zero-order valence-corrected chi connectivity index (χ0v) is 12.2. The summed E-state index contributed by atoms with van der Waals surface area (Å²) in [6.07, 6.45) is 0. The Balaban J connectivity index is 2.48. The van der Waals surface area contributed by atoms with Gasteiger partial charge in [-0.3, -0.25) is 4.79 Å². The lowest BCUT2D eigenvalue weighted by molar-refractivity contribution is -0.130. The molecular weight excluding hydrogens is 248 g/mol. The molecule has 0 aliphatic heterocycles. The number of nitrogens with one attached hydrogen (secondary N) is 1. The van der Waals surface area contributed by atoms with Gasteiger partial charge in [0.25, 0.3) is 0 Å². The molecule has 0 aliphatic carbocycles. The van der Waals surface area contributed by atoms with Gasteiger partial charge in [0.2, 0.25) is 5.91 Å². The maximum Gasteiger partial charge on any atom is 0.236 e. The first kappa shape index (κ1) is 15.0. The molecule has 0 radical (unpaired) electrons. The third-order valence-electron chi connectivity index (χ3n) is 3.10. The SMILES string of the molecule is CC(NCC(=O)N(C)C(C)C)c1ccc(Cl)cc1. The summed E-state index contributed by atoms with van der Waals surface area (Å²) in [5, 5.41) is 3.94. The van der Waals surface area contributed by atoms with E-state index in [1.165, 1.54) is 0 Å². The third-order valence-corrected chi connectivity index (χ3v) is 3.35. The summed E-state index contributed by atoms with van der Waals surface area (Å²) in [6, 6.07) is 8.01. The molecule has 1 aromatic carbocycles. The molecule has 1 amide bonds. The van der Waals surface area contributed by atoms with Crippen LogP contribution in [0.1, 0.15) is 32.4 Å². The van der Waals surface area contributed by atoms with E-state index in [0.29, 0.717) is 6.54 Å². The van der Waals surface area contributed by atoms with Crippen LogP contribution in [-0.4, -0.2) is 30.4 Å². The van der Waals surface area contributed by atoms with Gasteiger partial charge in [-0.2, -0.15) is 0 Å². The summed E-state index contributed by atoms with van der Waals surface area (Å²) < 4.78 is 0. The van der Waals surface area contributed by atoms with Crippen LogP contribution in [0.25, 0.3) is 0 Å². The summed E-state index contributed by atoms with van der Waals surface area (Å²) in [6.45, 7) is 6.38. The fraction of sp³-hybridized carbons (Fsp3) is 0.500. The minimum atomic E-state index is 0.103. The number of rotatable bonds is 5. The molecule has 1 unspecified atom stereocenters. The first-order chi connectivity index (χ1) is 8.41. The van der Waals surface area contributed by atoms with E-state index >= 15 is 0 Å². The zero-order valence-electron chi connectivity index (χ0n) is 11.4. The fourth-order valence-electron chi connectivity index (χ4n) is 1.52. The standard InChI is InChI=1S/C14H21ClN2O/c1-10(2)17(4)14(18)9-16-11(3)12-5-7-13(15)8-6-12/h5-8,10-11,16H,9H2,1-4H3. The van der Waals surface area contributed by atoms with E-state index in [-0.39, 0.29) is 18.0 Å². The highest BCUT2D eigenvalue weighted by Gasteiger charge is 2.13. The van der Waals surface area contributed by atoms with Gasteiger partial charge >= 0.3 is 0 Å². The molecule has 0 fully saturated rings. The van der Waals surface area contributed by atoms with Crippen molar-refractivity contribution in [3.8, 4) is 0 Å². The van der Waals surface area contributed by atoms with Gasteiger partial charge in [0, 0.05) is 24.2 Å². The largest absolute Gasteiger partial charge is 0.342 e. The van der Waals surface area contributed by atoms with Crippen LogP contribution in [0.2, 0.25) is 5.02 Å². The van der Waals surface area contributed by atoms with E-state index in [1.54, 1.807) is 4.90 Å². The topological polar surface area (TPSA) is 32.3 Å². The fourth-order valence-corrected chi connectivity index (χ4v) is 1.65. The molecule has 3 nitrogen and oxygen atoms in total. The molecule has 4 heteroatoms. The van der Waals surface area contributed by atoms with Crippen LogP contribution in [0.4, 0.5) is 0 Å². The van der Waals surface area contributed by atoms with Gasteiger partial charge in [-0.15, -0.1) is 0 Å². The Morgan fingerprint density at radius 3 is 2.33 bits per heavy atom. The van der Waals surface area contributed by atoms with Crippen molar-refractivity contribution in [3.63, 3.8) is 0 Å². The molecule has 18 heavy (non-hydrogen) atoms. The maximum atomic E-state index is 11.8. The maximum absolute atomic E-state index is 11.8. The number of carbonyl (C=O) groups is 1. The van der Waals surface area contributed by atoms with Gasteiger partial charge in [0.05, 0.1) is 6.54 Å². The molecule has 0 saturated heterocycles. The molecule has 0 saturated carbocycles. The van der Waals surface area contributed by atoms with Crippen LogP contribution in [0.3, 0.4) is 0 Å². The first-order valence-corrected chi connectivity index (χ1v) is 6.54. The smallest absolute Gasteiger partial charge is 0.236 e. The van der Waals surface area contributed by atoms with Crippen LogP contribution in [0.5, 0.6) is 0 Å². The van der Waals surface area contributed by atoms with Crippen molar-refractivity contribution in [2.75, 3.05) is 13.6 Å². The molecule has 0 aliphatic rings. The predicted octanol–water partition coefficient (Wildman–Crippen LogP) is 2.86. The van der Waals surface area contributed by atoms with Crippen LogP contribution < -0.4 is 5.32 Å². The summed E-state index contributed by atoms with van der Waals surface area (Å²) >= 11 is 5.84. The second kappa shape index (κ2) is 6.76. The predicted molar refractivity (Wildman–Crippen MR) is 75.8 cm³/mol. The van der Waals surface area contributed by atoms with Gasteiger partial charge < -0.3 is 10.2 Å². The first-order valence-electron chi connectivity index (χ1n) is 6.16. The number of hydrogen-bond acceptors (Lipinski definition) is 2. The Labute approximate surface area is 114 Å². The van der Waals surface area contributed by atoms with Gasteiger partial charge in [0.15, 0.2) is 0 Å². The summed E-state index contributed by atoms with van der Waals surface area (Å²) in [7, 11) is 1.82. The number of carbonyl (C=O) groups excluding carboxylic acids is 1. The van der Waals surface area contributed by atoms with Crippen molar-refractivity contribution in [1.29, 1.82) is 0 Å². The van der Waals surface area contributed by atoms with Crippen LogP contribution in [-0.2, 0) is 4.79 Å². The minimum Gasteiger partial charge on any atom is -0.342 e. The number of nitrogens with zero attached hydrogens (tertiary/aromatic N) is 1. The highest BCUT2D eigenvalue weighted by molar-refractivity contribution is 6.30. The van der Waals surface area contributed by atoms with Crippen molar-refractivity contribution in [3.05, 3.63) is 34.9 Å². The molecule has 1 atom stereocenters. The molecule has 0 bridgehead atoms. The van der Waals surface area contributed by atoms with Crippen LogP contribution in [0.15, 0.2) is 24.3 Å². The molecule has 100 valence electrons. The second-order valence-corrected chi connectivity index (χ2v) is 5.19. The number of likely N-dealkylation sites (N-methyl/N-ethyl adjacent to an activating group) is 1. The Morgan fingerprint density at radius 1 is 1.28 bits per heavy atom.